The fourth-order valence-corrected chi connectivity index (χ4v) is 2.83. The standard InChI is InChI=1S/C18H16N2O2/c1-18(10-22-11-18)13-8-6-12(7-9-13)16-19-15-5-3-2-4-14(15)17(21)20-16/h2-9H,10-11H2,1H3,(H,19,20,21). The highest BCUT2D eigenvalue weighted by Gasteiger charge is 2.34. The fourth-order valence-electron chi connectivity index (χ4n) is 2.83. The van der Waals surface area contributed by atoms with Crippen LogP contribution in [0, 0.1) is 0 Å². The molecule has 1 fully saturated rings. The number of nitrogens with zero attached hydrogens (tertiary/aromatic N) is 1. The number of fused-ring (bicyclic) bond motifs is 1. The molecule has 2 aromatic carbocycles. The maximum atomic E-state index is 12.1. The van der Waals surface area contributed by atoms with Gasteiger partial charge < -0.3 is 9.72 Å². The molecular formula is C18H16N2O2. The molecule has 110 valence electrons. The zero-order chi connectivity index (χ0) is 15.2. The van der Waals surface area contributed by atoms with E-state index in [-0.39, 0.29) is 11.0 Å². The maximum absolute atomic E-state index is 12.1. The number of aromatic amines is 1. The largest absolute Gasteiger partial charge is 0.379 e. The zero-order valence-electron chi connectivity index (χ0n) is 12.3. The van der Waals surface area contributed by atoms with Crippen LogP contribution in [0.25, 0.3) is 22.3 Å². The van der Waals surface area contributed by atoms with Crippen LogP contribution >= 0.6 is 0 Å². The molecule has 0 spiro atoms. The summed E-state index contributed by atoms with van der Waals surface area (Å²) in [6, 6.07) is 15.6. The zero-order valence-corrected chi connectivity index (χ0v) is 12.3. The van der Waals surface area contributed by atoms with Crippen molar-refractivity contribution in [1.29, 1.82) is 0 Å². The van der Waals surface area contributed by atoms with Gasteiger partial charge >= 0.3 is 0 Å². The summed E-state index contributed by atoms with van der Waals surface area (Å²) < 4.78 is 5.31. The van der Waals surface area contributed by atoms with E-state index >= 15 is 0 Å². The topological polar surface area (TPSA) is 55.0 Å². The minimum atomic E-state index is -0.107. The van der Waals surface area contributed by atoms with Crippen molar-refractivity contribution in [3.63, 3.8) is 0 Å². The number of hydrogen-bond donors (Lipinski definition) is 1. The van der Waals surface area contributed by atoms with Crippen LogP contribution in [0.3, 0.4) is 0 Å². The molecule has 4 rings (SSSR count). The molecule has 0 unspecified atom stereocenters. The van der Waals surface area contributed by atoms with Crippen molar-refractivity contribution in [1.82, 2.24) is 9.97 Å². The van der Waals surface area contributed by atoms with E-state index < -0.39 is 0 Å². The van der Waals surface area contributed by atoms with E-state index in [1.165, 1.54) is 5.56 Å². The summed E-state index contributed by atoms with van der Waals surface area (Å²) in [5, 5.41) is 0.613. The molecule has 22 heavy (non-hydrogen) atoms. The Morgan fingerprint density at radius 1 is 1.09 bits per heavy atom. The lowest BCUT2D eigenvalue weighted by atomic mass is 9.80. The number of H-pyrrole nitrogens is 1. The van der Waals surface area contributed by atoms with Crippen LogP contribution in [-0.4, -0.2) is 23.2 Å². The van der Waals surface area contributed by atoms with Gasteiger partial charge in [0.15, 0.2) is 0 Å². The van der Waals surface area contributed by atoms with Gasteiger partial charge in [-0.2, -0.15) is 0 Å². The number of hydrogen-bond acceptors (Lipinski definition) is 3. The first kappa shape index (κ1) is 13.2. The van der Waals surface area contributed by atoms with Gasteiger partial charge in [0.25, 0.3) is 5.56 Å². The number of aromatic nitrogens is 2. The maximum Gasteiger partial charge on any atom is 0.259 e. The van der Waals surface area contributed by atoms with Gasteiger partial charge in [-0.3, -0.25) is 4.79 Å². The van der Waals surface area contributed by atoms with Crippen molar-refractivity contribution in [2.24, 2.45) is 0 Å². The molecule has 0 atom stereocenters. The van der Waals surface area contributed by atoms with Crippen molar-refractivity contribution >= 4 is 10.9 Å². The van der Waals surface area contributed by atoms with Crippen LogP contribution < -0.4 is 5.56 Å². The first-order valence-electron chi connectivity index (χ1n) is 7.33. The monoisotopic (exact) mass is 292 g/mol. The highest BCUT2D eigenvalue weighted by atomic mass is 16.5. The van der Waals surface area contributed by atoms with Crippen molar-refractivity contribution < 1.29 is 4.74 Å². The quantitative estimate of drug-likeness (QED) is 0.790. The molecule has 1 aliphatic rings. The summed E-state index contributed by atoms with van der Waals surface area (Å²) in [6.45, 7) is 3.72. The van der Waals surface area contributed by atoms with Crippen LogP contribution in [0.1, 0.15) is 12.5 Å². The first-order chi connectivity index (χ1) is 10.7. The number of ether oxygens (including phenoxy) is 1. The smallest absolute Gasteiger partial charge is 0.259 e. The average Bonchev–Trinajstić information content (AvgIpc) is 2.53. The Labute approximate surface area is 127 Å². The minimum absolute atomic E-state index is 0.107. The molecule has 0 saturated carbocycles. The number of rotatable bonds is 2. The van der Waals surface area contributed by atoms with Gasteiger partial charge in [0.2, 0.25) is 0 Å². The van der Waals surface area contributed by atoms with Gasteiger partial charge in [-0.1, -0.05) is 43.3 Å². The van der Waals surface area contributed by atoms with E-state index in [0.717, 1.165) is 18.8 Å². The van der Waals surface area contributed by atoms with Crippen LogP contribution in [0.5, 0.6) is 0 Å². The Kier molecular flexibility index (Phi) is 2.87. The van der Waals surface area contributed by atoms with Crippen molar-refractivity contribution in [2.45, 2.75) is 12.3 Å². The van der Waals surface area contributed by atoms with Gasteiger partial charge in [0.05, 0.1) is 24.1 Å². The van der Waals surface area contributed by atoms with E-state index in [1.54, 1.807) is 6.07 Å². The Hall–Kier alpha value is -2.46. The van der Waals surface area contributed by atoms with E-state index in [0.29, 0.717) is 16.7 Å². The lowest BCUT2D eigenvalue weighted by Gasteiger charge is -2.38. The molecule has 0 aliphatic carbocycles. The molecule has 4 heteroatoms. The molecular weight excluding hydrogens is 276 g/mol. The Bertz CT molecular complexity index is 893. The molecule has 1 saturated heterocycles. The molecule has 1 aromatic heterocycles. The second kappa shape index (κ2) is 4.78. The van der Waals surface area contributed by atoms with Crippen LogP contribution in [0.4, 0.5) is 0 Å². The number of nitrogens with one attached hydrogen (secondary N) is 1. The Morgan fingerprint density at radius 3 is 2.50 bits per heavy atom. The Morgan fingerprint density at radius 2 is 1.82 bits per heavy atom. The number of para-hydroxylation sites is 1. The van der Waals surface area contributed by atoms with E-state index in [2.05, 4.69) is 29.0 Å². The predicted octanol–water partition coefficient (Wildman–Crippen LogP) is 2.88. The molecule has 3 aromatic rings. The normalized spacial score (nSPS) is 16.4. The first-order valence-corrected chi connectivity index (χ1v) is 7.33. The SMILES string of the molecule is CC1(c2ccc(-c3nc4ccccc4c(=O)[nH]3)cc2)COC1. The van der Waals surface area contributed by atoms with E-state index in [4.69, 9.17) is 4.74 Å². The molecule has 2 heterocycles. The van der Waals surface area contributed by atoms with Gasteiger partial charge in [0.1, 0.15) is 5.82 Å². The van der Waals surface area contributed by atoms with Gasteiger partial charge in [0, 0.05) is 11.0 Å². The average molecular weight is 292 g/mol. The van der Waals surface area contributed by atoms with Crippen LogP contribution in [0.15, 0.2) is 53.3 Å². The lowest BCUT2D eigenvalue weighted by molar-refractivity contribution is -0.0500. The van der Waals surface area contributed by atoms with E-state index in [9.17, 15) is 4.79 Å². The molecule has 0 bridgehead atoms. The second-order valence-electron chi connectivity index (χ2n) is 6.06. The van der Waals surface area contributed by atoms with Crippen molar-refractivity contribution in [2.75, 3.05) is 13.2 Å². The van der Waals surface area contributed by atoms with Gasteiger partial charge in [-0.05, 0) is 17.7 Å². The van der Waals surface area contributed by atoms with Crippen molar-refractivity contribution in [3.8, 4) is 11.4 Å². The summed E-state index contributed by atoms with van der Waals surface area (Å²) >= 11 is 0. The third kappa shape index (κ3) is 2.04. The highest BCUT2D eigenvalue weighted by Crippen LogP contribution is 2.32. The van der Waals surface area contributed by atoms with Gasteiger partial charge in [-0.25, -0.2) is 4.98 Å². The molecule has 4 nitrogen and oxygen atoms in total. The minimum Gasteiger partial charge on any atom is -0.379 e. The summed E-state index contributed by atoms with van der Waals surface area (Å²) in [4.78, 5) is 19.6. The summed E-state index contributed by atoms with van der Waals surface area (Å²) in [7, 11) is 0. The molecule has 0 amide bonds. The van der Waals surface area contributed by atoms with Crippen LogP contribution in [0.2, 0.25) is 0 Å². The number of benzene rings is 2. The predicted molar refractivity (Wildman–Crippen MR) is 86.0 cm³/mol. The van der Waals surface area contributed by atoms with Gasteiger partial charge in [-0.15, -0.1) is 0 Å². The molecule has 1 N–H and O–H groups in total. The highest BCUT2D eigenvalue weighted by molar-refractivity contribution is 5.79. The molecule has 0 radical (unpaired) electrons. The van der Waals surface area contributed by atoms with Crippen molar-refractivity contribution in [3.05, 3.63) is 64.4 Å². The summed E-state index contributed by atoms with van der Waals surface area (Å²) in [5.41, 5.74) is 2.89. The Balaban J connectivity index is 1.77. The van der Waals surface area contributed by atoms with Crippen LogP contribution in [-0.2, 0) is 10.2 Å². The summed E-state index contributed by atoms with van der Waals surface area (Å²) in [5.74, 6) is 0.602. The summed E-state index contributed by atoms with van der Waals surface area (Å²) in [6.07, 6.45) is 0. The van der Waals surface area contributed by atoms with E-state index in [1.807, 2.05) is 30.3 Å². The second-order valence-corrected chi connectivity index (χ2v) is 6.06. The molecule has 1 aliphatic heterocycles. The fraction of sp³-hybridized carbons (Fsp3) is 0.222. The third-order valence-corrected chi connectivity index (χ3v) is 4.31. The third-order valence-electron chi connectivity index (χ3n) is 4.31. The lowest BCUT2D eigenvalue weighted by Crippen LogP contribution is -2.43.